The largest absolute Gasteiger partial charge is 0.742 e. The first-order valence-electron chi connectivity index (χ1n) is 7.79. The van der Waals surface area contributed by atoms with Crippen molar-refractivity contribution in [3.8, 4) is 0 Å². The van der Waals surface area contributed by atoms with Gasteiger partial charge in [0.05, 0.1) is 13.1 Å². The summed E-state index contributed by atoms with van der Waals surface area (Å²) in [6, 6.07) is 7.88. The van der Waals surface area contributed by atoms with Crippen LogP contribution in [-0.4, -0.2) is 54.9 Å². The van der Waals surface area contributed by atoms with E-state index in [1.165, 1.54) is 0 Å². The quantitative estimate of drug-likeness (QED) is 0.536. The Labute approximate surface area is 155 Å². The maximum Gasteiger partial charge on any atom is 0.447 e. The fourth-order valence-corrected chi connectivity index (χ4v) is 7.16. The lowest BCUT2D eigenvalue weighted by Gasteiger charge is -2.30. The molecule has 0 unspecified atom stereocenters. The number of hydrogen-bond acceptors (Lipinski definition) is 5. The van der Waals surface area contributed by atoms with E-state index in [4.69, 9.17) is 0 Å². The molecule has 148 valence electrons. The van der Waals surface area contributed by atoms with Crippen molar-refractivity contribution in [2.75, 3.05) is 24.6 Å². The molecule has 26 heavy (non-hydrogen) atoms. The zero-order valence-corrected chi connectivity index (χ0v) is 17.1. The number of halogens is 2. The van der Waals surface area contributed by atoms with Crippen molar-refractivity contribution in [2.24, 2.45) is 0 Å². The fraction of sp³-hybridized carbons (Fsp3) is 0.600. The topological polar surface area (TPSA) is 94.6 Å². The average Bonchev–Trinajstić information content (AvgIpc) is 2.53. The van der Waals surface area contributed by atoms with Gasteiger partial charge in [0.2, 0.25) is 0 Å². The van der Waals surface area contributed by atoms with Crippen molar-refractivity contribution >= 4 is 31.0 Å². The zero-order valence-electron chi connectivity index (χ0n) is 14.6. The molecule has 1 fully saturated rings. The van der Waals surface area contributed by atoms with E-state index in [0.717, 1.165) is 10.5 Å². The lowest BCUT2D eigenvalue weighted by atomic mass is 9.87. The first-order valence-corrected chi connectivity index (χ1v) is 12.2. The molecule has 1 aliphatic heterocycles. The van der Waals surface area contributed by atoms with Gasteiger partial charge in [0.15, 0.2) is 15.0 Å². The predicted molar refractivity (Wildman–Crippen MR) is 95.6 cm³/mol. The average molecular weight is 430 g/mol. The van der Waals surface area contributed by atoms with Crippen LogP contribution in [0.25, 0.3) is 0 Å². The van der Waals surface area contributed by atoms with Crippen molar-refractivity contribution in [1.29, 1.82) is 0 Å². The number of sulfonamides is 1. The van der Waals surface area contributed by atoms with Crippen LogP contribution < -0.4 is 0 Å². The minimum Gasteiger partial charge on any atom is -0.742 e. The number of nitrogens with zero attached hydrogens (tertiary/aromatic N) is 1. The summed E-state index contributed by atoms with van der Waals surface area (Å²) in [5.74, 6) is 0.589. The Kier molecular flexibility index (Phi) is 5.81. The fourth-order valence-electron chi connectivity index (χ4n) is 2.54. The molecule has 1 saturated heterocycles. The van der Waals surface area contributed by atoms with Gasteiger partial charge in [-0.2, -0.15) is 13.1 Å². The predicted octanol–water partition coefficient (Wildman–Crippen LogP) is 1.70. The molecule has 1 aromatic rings. The number of rotatable bonds is 4. The summed E-state index contributed by atoms with van der Waals surface area (Å²) in [7, 11) is -12.2. The maximum absolute atomic E-state index is 13.5. The van der Waals surface area contributed by atoms with E-state index in [0.29, 0.717) is 15.8 Å². The van der Waals surface area contributed by atoms with Gasteiger partial charge < -0.3 is 4.55 Å². The molecule has 0 saturated carbocycles. The molecular formula is C15H21F2NO5S3. The molecule has 0 amide bonds. The molecule has 0 bridgehead atoms. The summed E-state index contributed by atoms with van der Waals surface area (Å²) in [6.45, 7) is 5.74. The summed E-state index contributed by atoms with van der Waals surface area (Å²) in [4.78, 5) is 0.998. The van der Waals surface area contributed by atoms with Crippen molar-refractivity contribution in [3.63, 3.8) is 0 Å². The van der Waals surface area contributed by atoms with E-state index < -0.39 is 24.7 Å². The molecule has 0 spiro atoms. The van der Waals surface area contributed by atoms with E-state index in [2.05, 4.69) is 20.8 Å². The summed E-state index contributed by atoms with van der Waals surface area (Å²) in [5, 5.41) is 0. The van der Waals surface area contributed by atoms with E-state index in [-0.39, 0.29) is 29.4 Å². The molecule has 0 atom stereocenters. The van der Waals surface area contributed by atoms with Crippen molar-refractivity contribution in [3.05, 3.63) is 29.8 Å². The third kappa shape index (κ3) is 4.06. The van der Waals surface area contributed by atoms with Crippen molar-refractivity contribution < 1.29 is 30.2 Å². The highest BCUT2D eigenvalue weighted by molar-refractivity contribution is 8.06. The van der Waals surface area contributed by atoms with Crippen LogP contribution in [0.2, 0.25) is 0 Å². The number of benzene rings is 1. The minimum atomic E-state index is -6.30. The summed E-state index contributed by atoms with van der Waals surface area (Å²) in [5.41, 5.74) is 1.14. The molecule has 0 aromatic heterocycles. The molecule has 2 rings (SSSR count). The highest BCUT2D eigenvalue weighted by Gasteiger charge is 2.56. The van der Waals surface area contributed by atoms with Crippen LogP contribution in [0.4, 0.5) is 8.78 Å². The van der Waals surface area contributed by atoms with Crippen LogP contribution in [0.5, 0.6) is 0 Å². The van der Waals surface area contributed by atoms with Crippen LogP contribution in [0.3, 0.4) is 0 Å². The second kappa shape index (κ2) is 7.01. The second-order valence-electron chi connectivity index (χ2n) is 7.00. The van der Waals surface area contributed by atoms with Crippen LogP contribution in [0.15, 0.2) is 29.2 Å². The van der Waals surface area contributed by atoms with Gasteiger partial charge in [0.25, 0.3) is 10.0 Å². The number of hydrogen-bond donors (Lipinski definition) is 0. The summed E-state index contributed by atoms with van der Waals surface area (Å²) < 4.78 is 77.7. The molecule has 0 N–H and O–H groups in total. The van der Waals surface area contributed by atoms with Crippen LogP contribution >= 0.6 is 0 Å². The first-order chi connectivity index (χ1) is 11.7. The van der Waals surface area contributed by atoms with Gasteiger partial charge in [-0.25, -0.2) is 16.8 Å². The van der Waals surface area contributed by atoms with Gasteiger partial charge in [-0.3, -0.25) is 0 Å². The van der Waals surface area contributed by atoms with Gasteiger partial charge in [-0.15, -0.1) is 0 Å². The molecule has 1 aliphatic rings. The lowest BCUT2D eigenvalue weighted by Crippen LogP contribution is -2.52. The standard InChI is InChI=1S/C15H21F2NO5S3/c1-14(2,3)12-4-6-13(7-5-12)24-10-8-18(9-11-24)25(19,20)15(16,17)26(21,22)23/h4-7H,8-11H2,1-3H3. The molecule has 1 heterocycles. The smallest absolute Gasteiger partial charge is 0.447 e. The zero-order chi connectivity index (χ0) is 20.0. The van der Waals surface area contributed by atoms with E-state index >= 15 is 0 Å². The first kappa shape index (κ1) is 21.5. The third-order valence-electron chi connectivity index (χ3n) is 4.16. The molecule has 11 heteroatoms. The van der Waals surface area contributed by atoms with Crippen LogP contribution in [0, 0.1) is 0 Å². The van der Waals surface area contributed by atoms with Gasteiger partial charge in [-0.1, -0.05) is 32.9 Å². The Morgan fingerprint density at radius 2 is 1.46 bits per heavy atom. The normalized spacial score (nSPS) is 18.8. The van der Waals surface area contributed by atoms with Gasteiger partial charge in [-0.05, 0) is 23.1 Å². The molecular weight excluding hydrogens is 408 g/mol. The Hall–Kier alpha value is -0.750. The summed E-state index contributed by atoms with van der Waals surface area (Å²) >= 11 is 0. The van der Waals surface area contributed by atoms with Gasteiger partial charge in [0, 0.05) is 10.9 Å². The van der Waals surface area contributed by atoms with Crippen LogP contribution in [0.1, 0.15) is 26.3 Å². The monoisotopic (exact) mass is 429 g/mol. The molecule has 6 nitrogen and oxygen atoms in total. The Bertz CT molecular complexity index is 854. The SMILES string of the molecule is CC(C)(C)c1ccc([S+]2CCN(S(=O)(=O)C(F)(F)S(=O)(=O)[O-])CC2)cc1. The molecule has 0 radical (unpaired) electrons. The Balaban J connectivity index is 2.12. The molecule has 1 aromatic carbocycles. The minimum absolute atomic E-state index is 0.00547. The van der Waals surface area contributed by atoms with Gasteiger partial charge >= 0.3 is 4.59 Å². The maximum atomic E-state index is 13.5. The van der Waals surface area contributed by atoms with E-state index in [1.54, 1.807) is 0 Å². The number of alkyl halides is 2. The Morgan fingerprint density at radius 3 is 1.85 bits per heavy atom. The summed E-state index contributed by atoms with van der Waals surface area (Å²) in [6.07, 6.45) is 0. The van der Waals surface area contributed by atoms with Gasteiger partial charge in [0.1, 0.15) is 11.5 Å². The lowest BCUT2D eigenvalue weighted by molar-refractivity contribution is 0.154. The van der Waals surface area contributed by atoms with Crippen molar-refractivity contribution in [1.82, 2.24) is 4.31 Å². The third-order valence-corrected chi connectivity index (χ3v) is 9.92. The van der Waals surface area contributed by atoms with E-state index in [1.807, 2.05) is 24.3 Å². The highest BCUT2D eigenvalue weighted by atomic mass is 32.3. The highest BCUT2D eigenvalue weighted by Crippen LogP contribution is 2.32. The van der Waals surface area contributed by atoms with E-state index in [9.17, 15) is 30.2 Å². The van der Waals surface area contributed by atoms with Crippen LogP contribution in [-0.2, 0) is 36.5 Å². The Morgan fingerprint density at radius 1 is 1.00 bits per heavy atom. The second-order valence-corrected chi connectivity index (χ2v) is 12.9. The molecule has 0 aliphatic carbocycles. The van der Waals surface area contributed by atoms with Crippen molar-refractivity contribution in [2.45, 2.75) is 35.7 Å².